The molecular formula is C14H11F2NaO2S. The first-order valence-electron chi connectivity index (χ1n) is 5.40. The predicted molar refractivity (Wildman–Crippen MR) is 77.9 cm³/mol. The van der Waals surface area contributed by atoms with Crippen LogP contribution >= 0.6 is 0 Å². The molecule has 0 fully saturated rings. The van der Waals surface area contributed by atoms with Crippen LogP contribution in [0.15, 0.2) is 47.4 Å². The second kappa shape index (κ2) is 7.81. The Morgan fingerprint density at radius 2 is 1.65 bits per heavy atom. The molecular weight excluding hydrogens is 293 g/mol. The molecule has 0 aromatic heterocycles. The van der Waals surface area contributed by atoms with E-state index in [0.717, 1.165) is 11.6 Å². The number of hydrogen-bond acceptors (Lipinski definition) is 1. The zero-order valence-corrected chi connectivity index (χ0v) is 10.5. The molecule has 0 bridgehead atoms. The SMILES string of the molecule is O=S(O)c1ccc(C=Cc2ccc(F)cc2F)cc1.[NaH]. The number of rotatable bonds is 3. The van der Waals surface area contributed by atoms with Gasteiger partial charge in [-0.05, 0) is 29.8 Å². The fourth-order valence-corrected chi connectivity index (χ4v) is 1.89. The van der Waals surface area contributed by atoms with Crippen LogP contribution in [0, 0.1) is 11.6 Å². The van der Waals surface area contributed by atoms with Crippen LogP contribution < -0.4 is 0 Å². The van der Waals surface area contributed by atoms with Crippen molar-refractivity contribution in [3.8, 4) is 0 Å². The molecule has 2 aromatic carbocycles. The zero-order valence-electron chi connectivity index (χ0n) is 9.72. The Bertz CT molecular complexity index is 642. The van der Waals surface area contributed by atoms with Crippen molar-refractivity contribution in [1.82, 2.24) is 0 Å². The molecule has 2 nitrogen and oxygen atoms in total. The van der Waals surface area contributed by atoms with Gasteiger partial charge in [0.1, 0.15) is 11.6 Å². The van der Waals surface area contributed by atoms with Gasteiger partial charge < -0.3 is 4.55 Å². The normalized spacial score (nSPS) is 12.2. The van der Waals surface area contributed by atoms with Crippen molar-refractivity contribution in [2.45, 2.75) is 4.90 Å². The molecule has 0 amide bonds. The van der Waals surface area contributed by atoms with E-state index in [0.29, 0.717) is 4.90 Å². The first-order valence-corrected chi connectivity index (χ1v) is 6.51. The summed E-state index contributed by atoms with van der Waals surface area (Å²) >= 11 is -2.01. The molecule has 2 aromatic rings. The van der Waals surface area contributed by atoms with E-state index in [4.69, 9.17) is 4.55 Å². The fraction of sp³-hybridized carbons (Fsp3) is 0. The van der Waals surface area contributed by atoms with Crippen LogP contribution in [0.3, 0.4) is 0 Å². The first-order chi connectivity index (χ1) is 9.06. The van der Waals surface area contributed by atoms with Crippen molar-refractivity contribution in [3.63, 3.8) is 0 Å². The molecule has 100 valence electrons. The van der Waals surface area contributed by atoms with Gasteiger partial charge >= 0.3 is 29.6 Å². The van der Waals surface area contributed by atoms with Gasteiger partial charge in [-0.2, -0.15) is 0 Å². The Hall–Kier alpha value is -0.850. The summed E-state index contributed by atoms with van der Waals surface area (Å²) in [6.07, 6.45) is 3.15. The van der Waals surface area contributed by atoms with Crippen molar-refractivity contribution >= 4 is 52.8 Å². The summed E-state index contributed by atoms with van der Waals surface area (Å²) in [6.45, 7) is 0. The van der Waals surface area contributed by atoms with Crippen LogP contribution in [0.2, 0.25) is 0 Å². The minimum atomic E-state index is -2.01. The maximum absolute atomic E-state index is 13.4. The summed E-state index contributed by atoms with van der Waals surface area (Å²) in [5, 5.41) is 0. The monoisotopic (exact) mass is 304 g/mol. The maximum atomic E-state index is 13.4. The number of halogens is 2. The van der Waals surface area contributed by atoms with Gasteiger partial charge in [0, 0.05) is 11.6 Å². The predicted octanol–water partition coefficient (Wildman–Crippen LogP) is 3.07. The van der Waals surface area contributed by atoms with E-state index in [1.807, 2.05) is 0 Å². The molecule has 0 saturated heterocycles. The summed E-state index contributed by atoms with van der Waals surface area (Å²) in [6, 6.07) is 9.65. The molecule has 1 atom stereocenters. The van der Waals surface area contributed by atoms with Gasteiger partial charge in [0.2, 0.25) is 0 Å². The first kappa shape index (κ1) is 17.2. The molecule has 0 aliphatic heterocycles. The molecule has 0 heterocycles. The van der Waals surface area contributed by atoms with E-state index in [2.05, 4.69) is 0 Å². The van der Waals surface area contributed by atoms with Gasteiger partial charge in [-0.25, -0.2) is 13.0 Å². The topological polar surface area (TPSA) is 37.3 Å². The Labute approximate surface area is 140 Å². The second-order valence-corrected chi connectivity index (χ2v) is 4.79. The van der Waals surface area contributed by atoms with E-state index in [-0.39, 0.29) is 35.1 Å². The average Bonchev–Trinajstić information content (AvgIpc) is 2.38. The van der Waals surface area contributed by atoms with Crippen LogP contribution in [0.25, 0.3) is 12.2 Å². The van der Waals surface area contributed by atoms with E-state index >= 15 is 0 Å². The molecule has 0 aliphatic rings. The fourth-order valence-electron chi connectivity index (χ4n) is 1.52. The third-order valence-electron chi connectivity index (χ3n) is 2.50. The van der Waals surface area contributed by atoms with Gasteiger partial charge in [-0.1, -0.05) is 24.3 Å². The minimum absolute atomic E-state index is 0. The van der Waals surface area contributed by atoms with E-state index in [9.17, 15) is 13.0 Å². The molecule has 0 aliphatic carbocycles. The standard InChI is InChI=1S/C14H10F2O2S.Na.H/c15-12-6-5-11(14(16)9-12)4-1-10-2-7-13(8-3-10)19(17)18;;/h1-9H,(H,17,18);;. The molecule has 6 heteroatoms. The van der Waals surface area contributed by atoms with Crippen molar-refractivity contribution in [1.29, 1.82) is 0 Å². The summed E-state index contributed by atoms with van der Waals surface area (Å²) in [4.78, 5) is 0.296. The molecule has 2 rings (SSSR count). The van der Waals surface area contributed by atoms with Gasteiger partial charge in [0.25, 0.3) is 0 Å². The Balaban J connectivity index is 0.00000200. The quantitative estimate of drug-likeness (QED) is 0.537. The van der Waals surface area contributed by atoms with E-state index < -0.39 is 22.7 Å². The molecule has 20 heavy (non-hydrogen) atoms. The summed E-state index contributed by atoms with van der Waals surface area (Å²) in [7, 11) is 0. The van der Waals surface area contributed by atoms with Crippen molar-refractivity contribution in [3.05, 3.63) is 65.2 Å². The molecule has 0 spiro atoms. The number of benzene rings is 2. The van der Waals surface area contributed by atoms with Gasteiger partial charge in [-0.3, -0.25) is 0 Å². The van der Waals surface area contributed by atoms with E-state index in [1.54, 1.807) is 18.2 Å². The molecule has 0 saturated carbocycles. The van der Waals surface area contributed by atoms with Crippen LogP contribution in [-0.2, 0) is 11.1 Å². The third-order valence-corrected chi connectivity index (χ3v) is 3.18. The third kappa shape index (κ3) is 4.61. The number of hydrogen-bond donors (Lipinski definition) is 1. The van der Waals surface area contributed by atoms with Gasteiger partial charge in [0.15, 0.2) is 11.1 Å². The zero-order chi connectivity index (χ0) is 13.8. The second-order valence-electron chi connectivity index (χ2n) is 3.82. The summed E-state index contributed by atoms with van der Waals surface area (Å²) in [5.41, 5.74) is 1.02. The van der Waals surface area contributed by atoms with Gasteiger partial charge in [-0.15, -0.1) is 0 Å². The summed E-state index contributed by atoms with van der Waals surface area (Å²) in [5.74, 6) is -1.26. The van der Waals surface area contributed by atoms with Crippen LogP contribution in [0.4, 0.5) is 8.78 Å². The Kier molecular flexibility index (Phi) is 6.71. The van der Waals surface area contributed by atoms with Crippen LogP contribution in [-0.4, -0.2) is 38.3 Å². The molecule has 1 unspecified atom stereocenters. The molecule has 0 radical (unpaired) electrons. The van der Waals surface area contributed by atoms with E-state index in [1.165, 1.54) is 30.3 Å². The van der Waals surface area contributed by atoms with Crippen LogP contribution in [0.1, 0.15) is 11.1 Å². The van der Waals surface area contributed by atoms with Crippen LogP contribution in [0.5, 0.6) is 0 Å². The van der Waals surface area contributed by atoms with Crippen molar-refractivity contribution in [2.75, 3.05) is 0 Å². The Morgan fingerprint density at radius 1 is 1.00 bits per heavy atom. The average molecular weight is 304 g/mol. The summed E-state index contributed by atoms with van der Waals surface area (Å²) < 4.78 is 45.7. The van der Waals surface area contributed by atoms with Crippen molar-refractivity contribution in [2.24, 2.45) is 0 Å². The molecule has 1 N–H and O–H groups in total. The Morgan fingerprint density at radius 3 is 2.20 bits per heavy atom. The van der Waals surface area contributed by atoms with Crippen molar-refractivity contribution < 1.29 is 17.5 Å². The van der Waals surface area contributed by atoms with Gasteiger partial charge in [0.05, 0.1) is 4.90 Å².